The molecule has 19 heavy (non-hydrogen) atoms. The van der Waals surface area contributed by atoms with Crippen LogP contribution in [0.5, 0.6) is 0 Å². The monoisotopic (exact) mass is 297 g/mol. The minimum atomic E-state index is -0.576. The third-order valence-corrected chi connectivity index (χ3v) is 4.98. The van der Waals surface area contributed by atoms with Gasteiger partial charge in [-0.1, -0.05) is 6.92 Å². The number of hydrogen-bond acceptors (Lipinski definition) is 5. The molecule has 1 saturated carbocycles. The Balaban J connectivity index is 1.90. The molecule has 102 valence electrons. The van der Waals surface area contributed by atoms with Gasteiger partial charge in [-0.15, -0.1) is 11.3 Å². The lowest BCUT2D eigenvalue weighted by molar-refractivity contribution is -0.0202. The number of aliphatic hydroxyl groups is 1. The third-order valence-electron chi connectivity index (χ3n) is 3.63. The maximum absolute atomic E-state index is 10.1. The molecule has 0 aliphatic heterocycles. The van der Waals surface area contributed by atoms with Crippen LogP contribution in [0.3, 0.4) is 0 Å². The second-order valence-corrected chi connectivity index (χ2v) is 6.51. The van der Waals surface area contributed by atoms with Crippen molar-refractivity contribution in [3.05, 3.63) is 16.2 Å². The Kier molecular flexibility index (Phi) is 3.37. The van der Waals surface area contributed by atoms with Gasteiger partial charge in [-0.05, 0) is 43.4 Å². The van der Waals surface area contributed by atoms with Gasteiger partial charge in [0.05, 0.1) is 11.0 Å². The quantitative estimate of drug-likeness (QED) is 0.851. The zero-order valence-corrected chi connectivity index (χ0v) is 12.3. The number of aromatic nitrogens is 2. The molecule has 2 aromatic rings. The number of aryl methyl sites for hydroxylation is 1. The fourth-order valence-corrected chi connectivity index (χ4v) is 3.45. The van der Waals surface area contributed by atoms with Crippen molar-refractivity contribution >= 4 is 39.0 Å². The number of halogens is 1. The number of anilines is 1. The standard InChI is InChI=1S/C13H16ClN3OS/c1-2-8-6-9-10(15-7-13(18)4-3-5-13)16-12(14)17-11(9)19-8/h6,18H,2-5,7H2,1H3,(H,15,16,17). The van der Waals surface area contributed by atoms with Crippen LogP contribution in [0.2, 0.25) is 5.28 Å². The van der Waals surface area contributed by atoms with Gasteiger partial charge in [-0.25, -0.2) is 9.97 Å². The lowest BCUT2D eigenvalue weighted by Gasteiger charge is -2.36. The van der Waals surface area contributed by atoms with Crippen molar-refractivity contribution in [1.82, 2.24) is 9.97 Å². The molecule has 0 atom stereocenters. The highest BCUT2D eigenvalue weighted by Gasteiger charge is 2.34. The molecule has 1 aliphatic carbocycles. The molecule has 0 unspecified atom stereocenters. The minimum Gasteiger partial charge on any atom is -0.388 e. The number of fused-ring (bicyclic) bond motifs is 1. The summed E-state index contributed by atoms with van der Waals surface area (Å²) in [4.78, 5) is 10.7. The Morgan fingerprint density at radius 3 is 2.89 bits per heavy atom. The number of thiophene rings is 1. The summed E-state index contributed by atoms with van der Waals surface area (Å²) in [5.74, 6) is 0.728. The van der Waals surface area contributed by atoms with E-state index in [4.69, 9.17) is 11.6 Å². The summed E-state index contributed by atoms with van der Waals surface area (Å²) in [6.07, 6.45) is 3.77. The highest BCUT2D eigenvalue weighted by Crippen LogP contribution is 2.34. The van der Waals surface area contributed by atoms with Crippen LogP contribution in [-0.4, -0.2) is 27.2 Å². The van der Waals surface area contributed by atoms with Gasteiger partial charge in [0, 0.05) is 11.4 Å². The van der Waals surface area contributed by atoms with Crippen LogP contribution < -0.4 is 5.32 Å². The lowest BCUT2D eigenvalue weighted by Crippen LogP contribution is -2.43. The smallest absolute Gasteiger partial charge is 0.225 e. The molecule has 0 amide bonds. The summed E-state index contributed by atoms with van der Waals surface area (Å²) in [5.41, 5.74) is -0.576. The summed E-state index contributed by atoms with van der Waals surface area (Å²) in [5, 5.41) is 14.6. The predicted octanol–water partition coefficient (Wildman–Crippen LogP) is 3.23. The second kappa shape index (κ2) is 4.89. The van der Waals surface area contributed by atoms with Crippen LogP contribution in [0, 0.1) is 0 Å². The molecule has 2 N–H and O–H groups in total. The predicted molar refractivity (Wildman–Crippen MR) is 79.1 cm³/mol. The average Bonchev–Trinajstić information content (AvgIpc) is 2.76. The highest BCUT2D eigenvalue weighted by molar-refractivity contribution is 7.18. The molecule has 0 saturated heterocycles. The molecule has 0 spiro atoms. The van der Waals surface area contributed by atoms with E-state index in [9.17, 15) is 5.11 Å². The van der Waals surface area contributed by atoms with Crippen LogP contribution >= 0.6 is 22.9 Å². The zero-order chi connectivity index (χ0) is 13.5. The van der Waals surface area contributed by atoms with Crippen molar-refractivity contribution in [3.63, 3.8) is 0 Å². The van der Waals surface area contributed by atoms with Crippen molar-refractivity contribution in [2.24, 2.45) is 0 Å². The average molecular weight is 298 g/mol. The summed E-state index contributed by atoms with van der Waals surface area (Å²) >= 11 is 7.60. The minimum absolute atomic E-state index is 0.250. The third kappa shape index (κ3) is 2.55. The number of nitrogens with one attached hydrogen (secondary N) is 1. The molecule has 1 aliphatic rings. The molecule has 2 aromatic heterocycles. The van der Waals surface area contributed by atoms with E-state index in [0.717, 1.165) is 41.7 Å². The Bertz CT molecular complexity index is 609. The molecular formula is C13H16ClN3OS. The molecule has 1 fully saturated rings. The zero-order valence-electron chi connectivity index (χ0n) is 10.7. The van der Waals surface area contributed by atoms with E-state index in [1.165, 1.54) is 4.88 Å². The van der Waals surface area contributed by atoms with E-state index in [-0.39, 0.29) is 5.28 Å². The van der Waals surface area contributed by atoms with Crippen LogP contribution in [0.1, 0.15) is 31.1 Å². The van der Waals surface area contributed by atoms with Crippen molar-refractivity contribution in [2.45, 2.75) is 38.2 Å². The molecule has 0 radical (unpaired) electrons. The topological polar surface area (TPSA) is 58.0 Å². The van der Waals surface area contributed by atoms with E-state index in [2.05, 4.69) is 28.3 Å². The molecule has 3 rings (SSSR count). The van der Waals surface area contributed by atoms with Gasteiger partial charge in [0.1, 0.15) is 10.6 Å². The van der Waals surface area contributed by atoms with Crippen molar-refractivity contribution < 1.29 is 5.11 Å². The maximum atomic E-state index is 10.1. The van der Waals surface area contributed by atoms with Crippen molar-refractivity contribution in [1.29, 1.82) is 0 Å². The Morgan fingerprint density at radius 2 is 2.26 bits per heavy atom. The molecule has 0 aromatic carbocycles. The van der Waals surface area contributed by atoms with Gasteiger partial charge in [-0.2, -0.15) is 0 Å². The maximum Gasteiger partial charge on any atom is 0.225 e. The Morgan fingerprint density at radius 1 is 1.47 bits per heavy atom. The number of hydrogen-bond donors (Lipinski definition) is 2. The van der Waals surface area contributed by atoms with E-state index in [0.29, 0.717) is 6.54 Å². The first-order chi connectivity index (χ1) is 9.09. The molecule has 2 heterocycles. The number of rotatable bonds is 4. The Labute approximate surface area is 120 Å². The van der Waals surface area contributed by atoms with E-state index >= 15 is 0 Å². The summed E-state index contributed by atoms with van der Waals surface area (Å²) in [6.45, 7) is 2.64. The SMILES string of the molecule is CCc1cc2c(NCC3(O)CCC3)nc(Cl)nc2s1. The first kappa shape index (κ1) is 13.1. The van der Waals surface area contributed by atoms with E-state index < -0.39 is 5.60 Å². The van der Waals surface area contributed by atoms with Gasteiger partial charge in [0.25, 0.3) is 0 Å². The van der Waals surface area contributed by atoms with Crippen LogP contribution in [-0.2, 0) is 6.42 Å². The van der Waals surface area contributed by atoms with Gasteiger partial charge < -0.3 is 10.4 Å². The molecular weight excluding hydrogens is 282 g/mol. The van der Waals surface area contributed by atoms with Crippen molar-refractivity contribution in [3.8, 4) is 0 Å². The summed E-state index contributed by atoms with van der Waals surface area (Å²) in [6, 6.07) is 2.10. The van der Waals surface area contributed by atoms with Crippen LogP contribution in [0.4, 0.5) is 5.82 Å². The fraction of sp³-hybridized carbons (Fsp3) is 0.538. The largest absolute Gasteiger partial charge is 0.388 e. The summed E-state index contributed by atoms with van der Waals surface area (Å²) < 4.78 is 0. The second-order valence-electron chi connectivity index (χ2n) is 5.06. The van der Waals surface area contributed by atoms with Gasteiger partial charge >= 0.3 is 0 Å². The van der Waals surface area contributed by atoms with E-state index in [1.807, 2.05) is 0 Å². The van der Waals surface area contributed by atoms with Gasteiger partial charge in [0.2, 0.25) is 5.28 Å². The van der Waals surface area contributed by atoms with Gasteiger partial charge in [0.15, 0.2) is 0 Å². The summed E-state index contributed by atoms with van der Waals surface area (Å²) in [7, 11) is 0. The van der Waals surface area contributed by atoms with Crippen molar-refractivity contribution in [2.75, 3.05) is 11.9 Å². The molecule has 6 heteroatoms. The molecule has 0 bridgehead atoms. The lowest BCUT2D eigenvalue weighted by atomic mass is 9.80. The first-order valence-electron chi connectivity index (χ1n) is 6.52. The van der Waals surface area contributed by atoms with E-state index in [1.54, 1.807) is 11.3 Å². The van der Waals surface area contributed by atoms with Crippen LogP contribution in [0.15, 0.2) is 6.07 Å². The Hall–Kier alpha value is -0.910. The number of nitrogens with zero attached hydrogens (tertiary/aromatic N) is 2. The first-order valence-corrected chi connectivity index (χ1v) is 7.71. The van der Waals surface area contributed by atoms with Crippen LogP contribution in [0.25, 0.3) is 10.2 Å². The molecule has 4 nitrogen and oxygen atoms in total. The highest BCUT2D eigenvalue weighted by atomic mass is 35.5. The normalized spacial score (nSPS) is 17.4. The fourth-order valence-electron chi connectivity index (χ4n) is 2.26. The van der Waals surface area contributed by atoms with Gasteiger partial charge in [-0.3, -0.25) is 0 Å².